The normalized spacial score (nSPS) is 12.0. The highest BCUT2D eigenvalue weighted by Gasteiger charge is 2.22. The molecule has 0 saturated carbocycles. The van der Waals surface area contributed by atoms with Gasteiger partial charge in [0, 0.05) is 11.3 Å². The molecule has 0 fully saturated rings. The van der Waals surface area contributed by atoms with Gasteiger partial charge in [0.05, 0.1) is 27.6 Å². The molecule has 3 aromatic heterocycles. The van der Waals surface area contributed by atoms with Gasteiger partial charge < -0.3 is 9.40 Å². The van der Waals surface area contributed by atoms with Crippen molar-refractivity contribution in [2.75, 3.05) is 0 Å². The molecule has 0 spiro atoms. The summed E-state index contributed by atoms with van der Waals surface area (Å²) in [5, 5.41) is 0.578. The molecule has 0 bridgehead atoms. The maximum Gasteiger partial charge on any atom is 0.191 e. The van der Waals surface area contributed by atoms with Gasteiger partial charge in [-0.3, -0.25) is 9.36 Å². The quantitative estimate of drug-likeness (QED) is 0.238. The summed E-state index contributed by atoms with van der Waals surface area (Å²) in [6.07, 6.45) is 0. The van der Waals surface area contributed by atoms with E-state index in [2.05, 4.69) is 97.9 Å². The Morgan fingerprint density at radius 1 is 0.732 bits per heavy atom. The molecule has 0 aliphatic carbocycles. The van der Waals surface area contributed by atoms with Crippen molar-refractivity contribution < 1.29 is 4.42 Å². The number of aromatic amines is 1. The molecule has 0 unspecified atom stereocenters. The first-order valence-electron chi connectivity index (χ1n) is 14.2. The number of nitrogens with one attached hydrogen (secondary N) is 1. The van der Waals surface area contributed by atoms with Gasteiger partial charge in [0.15, 0.2) is 11.0 Å². The van der Waals surface area contributed by atoms with E-state index in [1.807, 2.05) is 24.3 Å². The molecular weight excluding hydrogens is 506 g/mol. The molecule has 0 radical (unpaired) electrons. The Kier molecular flexibility index (Phi) is 5.89. The highest BCUT2D eigenvalue weighted by atomic mass is 16.3. The lowest BCUT2D eigenvalue weighted by Gasteiger charge is -2.22. The first-order valence-corrected chi connectivity index (χ1v) is 14.2. The van der Waals surface area contributed by atoms with E-state index in [1.54, 1.807) is 12.1 Å². The lowest BCUT2D eigenvalue weighted by molar-refractivity contribution is 0.668. The molecule has 41 heavy (non-hydrogen) atoms. The number of rotatable bonds is 5. The number of fused-ring (bicyclic) bond motifs is 4. The Balaban J connectivity index is 1.46. The molecule has 5 heteroatoms. The maximum atomic E-state index is 12.7. The second kappa shape index (κ2) is 9.63. The average Bonchev–Trinajstić information content (AvgIpc) is 3.55. The number of pyridine rings is 1. The SMILES string of the molecule is CC(C)c1cccc(C(C)C)c1-n1c(-c2cccc(-c3ccc4oc5cccc(=O)c5c4[nH]3)c2)nc2ccccc21. The molecule has 1 N–H and O–H groups in total. The number of imidazole rings is 1. The number of benzene rings is 4. The van der Waals surface area contributed by atoms with E-state index in [1.165, 1.54) is 16.8 Å². The fourth-order valence-corrected chi connectivity index (χ4v) is 5.92. The van der Waals surface area contributed by atoms with Gasteiger partial charge in [-0.1, -0.05) is 82.3 Å². The van der Waals surface area contributed by atoms with Crippen LogP contribution in [0, 0.1) is 0 Å². The molecule has 0 saturated heterocycles. The summed E-state index contributed by atoms with van der Waals surface area (Å²) in [6.45, 7) is 9.00. The van der Waals surface area contributed by atoms with Gasteiger partial charge in [-0.15, -0.1) is 0 Å². The third kappa shape index (κ3) is 4.08. The Morgan fingerprint density at radius 3 is 2.22 bits per heavy atom. The molecule has 5 nitrogen and oxygen atoms in total. The molecule has 4 aromatic carbocycles. The molecule has 7 rings (SSSR count). The molecule has 202 valence electrons. The molecule has 7 aromatic rings. The number of aromatic nitrogens is 3. The van der Waals surface area contributed by atoms with E-state index in [0.29, 0.717) is 33.9 Å². The summed E-state index contributed by atoms with van der Waals surface area (Å²) in [5.41, 5.74) is 10.7. The fraction of sp³-hybridized carbons (Fsp3) is 0.167. The van der Waals surface area contributed by atoms with Crippen LogP contribution in [-0.2, 0) is 0 Å². The minimum Gasteiger partial charge on any atom is -0.454 e. The lowest BCUT2D eigenvalue weighted by Crippen LogP contribution is -2.08. The van der Waals surface area contributed by atoms with Crippen molar-refractivity contribution in [3.05, 3.63) is 118 Å². The largest absolute Gasteiger partial charge is 0.454 e. The Morgan fingerprint density at radius 2 is 1.44 bits per heavy atom. The molecule has 0 atom stereocenters. The molecule has 3 heterocycles. The van der Waals surface area contributed by atoms with Gasteiger partial charge in [-0.2, -0.15) is 0 Å². The highest BCUT2D eigenvalue weighted by Crippen LogP contribution is 2.38. The number of H-pyrrole nitrogens is 1. The molecule has 0 aliphatic rings. The minimum absolute atomic E-state index is 0.0538. The van der Waals surface area contributed by atoms with E-state index < -0.39 is 0 Å². The van der Waals surface area contributed by atoms with Crippen LogP contribution in [-0.4, -0.2) is 14.5 Å². The van der Waals surface area contributed by atoms with Crippen LogP contribution in [0.15, 0.2) is 106 Å². The zero-order chi connectivity index (χ0) is 28.2. The van der Waals surface area contributed by atoms with E-state index in [4.69, 9.17) is 9.40 Å². The van der Waals surface area contributed by atoms with Crippen molar-refractivity contribution in [3.63, 3.8) is 0 Å². The summed E-state index contributed by atoms with van der Waals surface area (Å²) in [5.74, 6) is 1.60. The molecule has 0 amide bonds. The van der Waals surface area contributed by atoms with Crippen molar-refractivity contribution in [1.82, 2.24) is 14.5 Å². The van der Waals surface area contributed by atoms with Crippen LogP contribution < -0.4 is 5.43 Å². The summed E-state index contributed by atoms with van der Waals surface area (Å²) in [4.78, 5) is 21.3. The number of hydrogen-bond acceptors (Lipinski definition) is 3. The minimum atomic E-state index is -0.0538. The van der Waals surface area contributed by atoms with Gasteiger partial charge in [-0.25, -0.2) is 4.98 Å². The monoisotopic (exact) mass is 537 g/mol. The van der Waals surface area contributed by atoms with Crippen LogP contribution in [0.1, 0.15) is 50.7 Å². The number of nitrogens with zero attached hydrogens (tertiary/aromatic N) is 2. The Labute approximate surface area is 238 Å². The predicted octanol–water partition coefficient (Wildman–Crippen LogP) is 9.19. The summed E-state index contributed by atoms with van der Waals surface area (Å²) < 4.78 is 8.28. The zero-order valence-electron chi connectivity index (χ0n) is 23.6. The fourth-order valence-electron chi connectivity index (χ4n) is 5.92. The summed E-state index contributed by atoms with van der Waals surface area (Å²) in [7, 11) is 0. The number of furan rings is 1. The van der Waals surface area contributed by atoms with Gasteiger partial charge in [0.1, 0.15) is 11.4 Å². The van der Waals surface area contributed by atoms with E-state index in [9.17, 15) is 4.79 Å². The van der Waals surface area contributed by atoms with Crippen molar-refractivity contribution >= 4 is 33.1 Å². The van der Waals surface area contributed by atoms with Gasteiger partial charge in [0.2, 0.25) is 0 Å². The van der Waals surface area contributed by atoms with Crippen LogP contribution in [0.2, 0.25) is 0 Å². The standard InChI is InChI=1S/C36H31N3O2/c1-21(2)25-12-8-13-26(22(3)4)35(25)39-29-15-6-5-14-28(29)38-36(39)24-11-7-10-23(20-24)27-18-19-32-34(37-27)33-30(40)16-9-17-31(33)41-32/h5-22,37H,1-4H3. The van der Waals surface area contributed by atoms with Gasteiger partial charge >= 0.3 is 0 Å². The smallest absolute Gasteiger partial charge is 0.191 e. The van der Waals surface area contributed by atoms with Gasteiger partial charge in [-0.05, 0) is 71.0 Å². The van der Waals surface area contributed by atoms with Crippen LogP contribution in [0.25, 0.3) is 61.4 Å². The molecule has 0 aliphatic heterocycles. The third-order valence-electron chi connectivity index (χ3n) is 7.92. The van der Waals surface area contributed by atoms with Crippen LogP contribution in [0.3, 0.4) is 0 Å². The predicted molar refractivity (Wildman–Crippen MR) is 168 cm³/mol. The molecular formula is C36H31N3O2. The lowest BCUT2D eigenvalue weighted by atomic mass is 9.92. The van der Waals surface area contributed by atoms with Crippen molar-refractivity contribution in [1.29, 1.82) is 0 Å². The van der Waals surface area contributed by atoms with Crippen LogP contribution in [0.5, 0.6) is 0 Å². The third-order valence-corrected chi connectivity index (χ3v) is 7.92. The van der Waals surface area contributed by atoms with E-state index in [0.717, 1.165) is 33.7 Å². The zero-order valence-corrected chi connectivity index (χ0v) is 23.6. The maximum absolute atomic E-state index is 12.7. The van der Waals surface area contributed by atoms with E-state index >= 15 is 0 Å². The first-order chi connectivity index (χ1) is 19.9. The second-order valence-corrected chi connectivity index (χ2v) is 11.3. The topological polar surface area (TPSA) is 63.8 Å². The Bertz CT molecular complexity index is 2120. The van der Waals surface area contributed by atoms with Gasteiger partial charge in [0.25, 0.3) is 0 Å². The van der Waals surface area contributed by atoms with Crippen LogP contribution in [0.4, 0.5) is 0 Å². The number of para-hydroxylation sites is 3. The van der Waals surface area contributed by atoms with Crippen molar-refractivity contribution in [2.45, 2.75) is 39.5 Å². The first kappa shape index (κ1) is 25.1. The van der Waals surface area contributed by atoms with Crippen molar-refractivity contribution in [3.8, 4) is 28.3 Å². The van der Waals surface area contributed by atoms with E-state index in [-0.39, 0.29) is 5.43 Å². The highest BCUT2D eigenvalue weighted by molar-refractivity contribution is 6.02. The second-order valence-electron chi connectivity index (χ2n) is 11.3. The average molecular weight is 538 g/mol. The number of hydrogen-bond donors (Lipinski definition) is 1. The Hall–Kier alpha value is -4.90. The summed E-state index contributed by atoms with van der Waals surface area (Å²) >= 11 is 0. The van der Waals surface area contributed by atoms with Crippen molar-refractivity contribution in [2.24, 2.45) is 0 Å². The van der Waals surface area contributed by atoms with Crippen LogP contribution >= 0.6 is 0 Å². The summed E-state index contributed by atoms with van der Waals surface area (Å²) in [6, 6.07) is 32.5.